The van der Waals surface area contributed by atoms with Crippen molar-refractivity contribution in [1.82, 2.24) is 4.98 Å². The Balaban J connectivity index is 0.000000228. The first-order valence-electron chi connectivity index (χ1n) is 8.15. The Labute approximate surface area is 152 Å². The largest absolute Gasteiger partial charge is 0.366 e. The molecule has 4 N–H and O–H groups in total. The lowest BCUT2D eigenvalue weighted by molar-refractivity contribution is 0.0991. The zero-order valence-corrected chi connectivity index (χ0v) is 14.5. The van der Waals surface area contributed by atoms with Gasteiger partial charge in [-0.05, 0) is 35.9 Å². The van der Waals surface area contributed by atoms with Crippen LogP contribution in [-0.4, -0.2) is 16.8 Å². The molecule has 1 unspecified atom stereocenters. The van der Waals surface area contributed by atoms with Crippen LogP contribution >= 0.6 is 0 Å². The summed E-state index contributed by atoms with van der Waals surface area (Å²) in [5, 5.41) is 0. The van der Waals surface area contributed by atoms with Crippen LogP contribution in [0.25, 0.3) is 0 Å². The summed E-state index contributed by atoms with van der Waals surface area (Å²) < 4.78 is 0. The zero-order chi connectivity index (χ0) is 18.9. The second-order valence-electron chi connectivity index (χ2n) is 5.66. The highest BCUT2D eigenvalue weighted by Gasteiger charge is 2.15. The molecule has 0 saturated heterocycles. The number of nitrogens with two attached hydrogens (primary N) is 2. The number of aromatic nitrogens is 1. The van der Waals surface area contributed by atoms with Crippen molar-refractivity contribution in [3.8, 4) is 0 Å². The first-order valence-corrected chi connectivity index (χ1v) is 8.15. The fourth-order valence-corrected chi connectivity index (χ4v) is 2.49. The van der Waals surface area contributed by atoms with Crippen LogP contribution in [0.15, 0.2) is 79.0 Å². The molecule has 0 aliphatic carbocycles. The maximum Gasteiger partial charge on any atom is 0.248 e. The number of pyridine rings is 1. The highest BCUT2D eigenvalue weighted by Crippen LogP contribution is 2.25. The minimum Gasteiger partial charge on any atom is -0.366 e. The number of carbonyl (C=O) groups excluding carboxylic acids is 2. The normalized spacial score (nSPS) is 11.0. The molecule has 0 spiro atoms. The molecule has 1 aromatic heterocycles. The van der Waals surface area contributed by atoms with Gasteiger partial charge >= 0.3 is 0 Å². The standard InChI is InChI=1S/C14H14N2O.C7H7NO/c1-10(13-8-4-5-9-16-13)11-6-2-3-7-12(11)14(15)17;8-7(9)6-4-2-1-3-5-6/h2-10H,1H3,(H2,15,17);1-5H,(H2,8,9). The van der Waals surface area contributed by atoms with Gasteiger partial charge in [0, 0.05) is 28.9 Å². The maximum absolute atomic E-state index is 11.4. The Morgan fingerprint density at radius 2 is 1.42 bits per heavy atom. The van der Waals surface area contributed by atoms with Gasteiger partial charge in [0.15, 0.2) is 0 Å². The Hall–Kier alpha value is -3.47. The van der Waals surface area contributed by atoms with Gasteiger partial charge in [-0.2, -0.15) is 0 Å². The Kier molecular flexibility index (Phi) is 6.62. The Bertz CT molecular complexity index is 865. The molecule has 0 radical (unpaired) electrons. The van der Waals surface area contributed by atoms with E-state index in [1.807, 2.05) is 49.4 Å². The number of nitrogens with zero attached hydrogens (tertiary/aromatic N) is 1. The number of benzene rings is 2. The molecule has 5 nitrogen and oxygen atoms in total. The van der Waals surface area contributed by atoms with E-state index < -0.39 is 5.91 Å². The summed E-state index contributed by atoms with van der Waals surface area (Å²) in [7, 11) is 0. The first-order chi connectivity index (χ1) is 12.5. The van der Waals surface area contributed by atoms with Crippen molar-refractivity contribution < 1.29 is 9.59 Å². The predicted molar refractivity (Wildman–Crippen MR) is 102 cm³/mol. The molecule has 26 heavy (non-hydrogen) atoms. The third-order valence-electron chi connectivity index (χ3n) is 3.88. The van der Waals surface area contributed by atoms with Gasteiger partial charge in [0.1, 0.15) is 0 Å². The van der Waals surface area contributed by atoms with E-state index in [0.717, 1.165) is 11.3 Å². The molecule has 0 bridgehead atoms. The fourth-order valence-electron chi connectivity index (χ4n) is 2.49. The summed E-state index contributed by atoms with van der Waals surface area (Å²) in [5.74, 6) is -0.723. The van der Waals surface area contributed by atoms with Crippen molar-refractivity contribution in [2.24, 2.45) is 11.5 Å². The SMILES string of the molecule is CC(c1ccccn1)c1ccccc1C(N)=O.NC(=O)c1ccccc1. The van der Waals surface area contributed by atoms with Crippen LogP contribution < -0.4 is 11.5 Å². The predicted octanol–water partition coefficient (Wildman–Crippen LogP) is 3.12. The smallest absolute Gasteiger partial charge is 0.248 e. The minimum absolute atomic E-state index is 0.0555. The molecule has 3 aromatic rings. The van der Waals surface area contributed by atoms with Crippen LogP contribution in [-0.2, 0) is 0 Å². The number of primary amides is 2. The van der Waals surface area contributed by atoms with E-state index in [0.29, 0.717) is 11.1 Å². The van der Waals surface area contributed by atoms with Crippen molar-refractivity contribution in [2.45, 2.75) is 12.8 Å². The van der Waals surface area contributed by atoms with Crippen LogP contribution in [0.3, 0.4) is 0 Å². The lowest BCUT2D eigenvalue weighted by Gasteiger charge is -2.14. The number of hydrogen-bond donors (Lipinski definition) is 2. The molecular weight excluding hydrogens is 326 g/mol. The van der Waals surface area contributed by atoms with Gasteiger partial charge in [0.25, 0.3) is 0 Å². The van der Waals surface area contributed by atoms with Gasteiger partial charge in [-0.1, -0.05) is 49.4 Å². The number of hydrogen-bond acceptors (Lipinski definition) is 3. The lowest BCUT2D eigenvalue weighted by Crippen LogP contribution is -2.15. The molecular formula is C21H21N3O2. The van der Waals surface area contributed by atoms with Crippen LogP contribution in [0, 0.1) is 0 Å². The molecule has 0 saturated carbocycles. The zero-order valence-electron chi connectivity index (χ0n) is 14.5. The van der Waals surface area contributed by atoms with Gasteiger partial charge in [-0.15, -0.1) is 0 Å². The van der Waals surface area contributed by atoms with Gasteiger partial charge < -0.3 is 11.5 Å². The van der Waals surface area contributed by atoms with Crippen LogP contribution in [0.5, 0.6) is 0 Å². The topological polar surface area (TPSA) is 99.1 Å². The van der Waals surface area contributed by atoms with Crippen molar-refractivity contribution in [2.75, 3.05) is 0 Å². The first kappa shape index (κ1) is 18.9. The van der Waals surface area contributed by atoms with Crippen LogP contribution in [0.4, 0.5) is 0 Å². The van der Waals surface area contributed by atoms with Gasteiger partial charge in [0.05, 0.1) is 0 Å². The fraction of sp³-hybridized carbons (Fsp3) is 0.0952. The average Bonchev–Trinajstić information content (AvgIpc) is 2.69. The van der Waals surface area contributed by atoms with E-state index in [1.54, 1.807) is 36.5 Å². The average molecular weight is 347 g/mol. The van der Waals surface area contributed by atoms with Crippen molar-refractivity contribution in [1.29, 1.82) is 0 Å². The summed E-state index contributed by atoms with van der Waals surface area (Å²) >= 11 is 0. The molecule has 0 aliphatic heterocycles. The third-order valence-corrected chi connectivity index (χ3v) is 3.88. The van der Waals surface area contributed by atoms with Gasteiger partial charge in [0.2, 0.25) is 11.8 Å². The summed E-state index contributed by atoms with van der Waals surface area (Å²) in [6.07, 6.45) is 1.75. The summed E-state index contributed by atoms with van der Waals surface area (Å²) in [6.45, 7) is 2.02. The van der Waals surface area contributed by atoms with Crippen molar-refractivity contribution in [3.63, 3.8) is 0 Å². The van der Waals surface area contributed by atoms with E-state index in [4.69, 9.17) is 11.5 Å². The highest BCUT2D eigenvalue weighted by atomic mass is 16.1. The van der Waals surface area contributed by atoms with E-state index >= 15 is 0 Å². The number of amides is 2. The Morgan fingerprint density at radius 1 is 0.808 bits per heavy atom. The quantitative estimate of drug-likeness (QED) is 0.758. The second-order valence-corrected chi connectivity index (χ2v) is 5.66. The summed E-state index contributed by atoms with van der Waals surface area (Å²) in [5.41, 5.74) is 13.3. The van der Waals surface area contributed by atoms with Crippen LogP contribution in [0.2, 0.25) is 0 Å². The van der Waals surface area contributed by atoms with E-state index in [-0.39, 0.29) is 11.8 Å². The van der Waals surface area contributed by atoms with E-state index in [1.165, 1.54) is 0 Å². The minimum atomic E-state index is -0.400. The van der Waals surface area contributed by atoms with Crippen molar-refractivity contribution in [3.05, 3.63) is 101 Å². The Morgan fingerprint density at radius 3 is 1.96 bits per heavy atom. The highest BCUT2D eigenvalue weighted by molar-refractivity contribution is 5.94. The third kappa shape index (κ3) is 5.01. The number of rotatable bonds is 4. The summed E-state index contributed by atoms with van der Waals surface area (Å²) in [4.78, 5) is 26.1. The lowest BCUT2D eigenvalue weighted by atomic mass is 9.92. The molecule has 0 fully saturated rings. The molecule has 2 aromatic carbocycles. The maximum atomic E-state index is 11.4. The van der Waals surface area contributed by atoms with E-state index in [9.17, 15) is 9.59 Å². The van der Waals surface area contributed by atoms with Crippen molar-refractivity contribution >= 4 is 11.8 Å². The monoisotopic (exact) mass is 347 g/mol. The van der Waals surface area contributed by atoms with Gasteiger partial charge in [-0.3, -0.25) is 14.6 Å². The molecule has 1 atom stereocenters. The molecule has 1 heterocycles. The summed E-state index contributed by atoms with van der Waals surface area (Å²) in [6, 6.07) is 21.9. The number of carbonyl (C=O) groups is 2. The van der Waals surface area contributed by atoms with E-state index in [2.05, 4.69) is 4.98 Å². The molecule has 0 aliphatic rings. The second kappa shape index (κ2) is 9.13. The van der Waals surface area contributed by atoms with Gasteiger partial charge in [-0.25, -0.2) is 0 Å². The van der Waals surface area contributed by atoms with Crippen LogP contribution in [0.1, 0.15) is 44.8 Å². The molecule has 3 rings (SSSR count). The molecule has 5 heteroatoms. The molecule has 2 amide bonds. The molecule has 132 valence electrons.